The number of hydrogen-bond donors (Lipinski definition) is 3. The summed E-state index contributed by atoms with van der Waals surface area (Å²) in [5, 5.41) is 4.24. The van der Waals surface area contributed by atoms with Gasteiger partial charge in [-0.05, 0) is 80.1 Å². The summed E-state index contributed by atoms with van der Waals surface area (Å²) in [5.41, 5.74) is 11.2. The van der Waals surface area contributed by atoms with Crippen molar-refractivity contribution in [2.45, 2.75) is 38.6 Å². The first kappa shape index (κ1) is 23.5. The second-order valence-corrected chi connectivity index (χ2v) is 11.0. The van der Waals surface area contributed by atoms with Crippen molar-refractivity contribution in [2.24, 2.45) is 5.73 Å². The molecule has 4 rings (SSSR count). The van der Waals surface area contributed by atoms with Crippen LogP contribution in [0.5, 0.6) is 0 Å². The van der Waals surface area contributed by atoms with Gasteiger partial charge < -0.3 is 16.0 Å². The molecule has 2 heterocycles. The number of hydrogen-bond acceptors (Lipinski definition) is 4. The number of nitrogens with one attached hydrogen (secondary N) is 2. The molecular weight excluding hydrogens is 436 g/mol. The predicted octanol–water partition coefficient (Wildman–Crippen LogP) is 3.74. The molecule has 1 aliphatic heterocycles. The molecule has 1 aromatic heterocycles. The van der Waals surface area contributed by atoms with Crippen LogP contribution in [0.1, 0.15) is 60.1 Å². The number of nitrogens with zero attached hydrogens (tertiary/aromatic N) is 1. The zero-order chi connectivity index (χ0) is 23.8. The first-order valence-corrected chi connectivity index (χ1v) is 13.1. The summed E-state index contributed by atoms with van der Waals surface area (Å²) in [7, 11) is -1.24. The summed E-state index contributed by atoms with van der Waals surface area (Å²) in [6.45, 7) is 4.81. The van der Waals surface area contributed by atoms with Crippen molar-refractivity contribution in [3.63, 3.8) is 0 Å². The van der Waals surface area contributed by atoms with Crippen LogP contribution in [-0.2, 0) is 10.0 Å². The third-order valence-electron chi connectivity index (χ3n) is 6.89. The number of rotatable bonds is 7. The minimum atomic E-state index is -3.17. The van der Waals surface area contributed by atoms with Gasteiger partial charge in [-0.15, -0.1) is 0 Å². The van der Waals surface area contributed by atoms with Gasteiger partial charge in [0.05, 0.1) is 16.8 Å². The Morgan fingerprint density at radius 2 is 1.94 bits per heavy atom. The topological polar surface area (TPSA) is 108 Å². The van der Waals surface area contributed by atoms with Crippen LogP contribution in [0, 0.1) is 0 Å². The van der Waals surface area contributed by atoms with Gasteiger partial charge in [0.2, 0.25) is 10.0 Å². The number of piperidine rings is 1. The largest absolute Gasteiger partial charge is 0.366 e. The van der Waals surface area contributed by atoms with Crippen molar-refractivity contribution in [3.05, 3.63) is 59.3 Å². The number of carbonyl (C=O) groups is 1. The fourth-order valence-electron chi connectivity index (χ4n) is 4.73. The van der Waals surface area contributed by atoms with E-state index in [-0.39, 0.29) is 17.7 Å². The van der Waals surface area contributed by atoms with E-state index in [9.17, 15) is 13.2 Å². The molecular formula is C25H32N4O3S. The van der Waals surface area contributed by atoms with E-state index >= 15 is 0 Å². The van der Waals surface area contributed by atoms with Gasteiger partial charge in [-0.2, -0.15) is 0 Å². The molecule has 7 nitrogen and oxygen atoms in total. The second-order valence-electron chi connectivity index (χ2n) is 8.76. The molecule has 0 aliphatic carbocycles. The smallest absolute Gasteiger partial charge is 0.250 e. The number of nitrogens with two attached hydrogens (primary N) is 1. The lowest BCUT2D eigenvalue weighted by atomic mass is 9.88. The Labute approximate surface area is 195 Å². The first-order valence-electron chi connectivity index (χ1n) is 11.5. The minimum absolute atomic E-state index is 0.126. The summed E-state index contributed by atoms with van der Waals surface area (Å²) in [6.07, 6.45) is 3.45. The van der Waals surface area contributed by atoms with Crippen LogP contribution in [0.4, 0.5) is 0 Å². The molecule has 1 aliphatic rings. The van der Waals surface area contributed by atoms with Gasteiger partial charge in [-0.3, -0.25) is 4.79 Å². The summed E-state index contributed by atoms with van der Waals surface area (Å²) >= 11 is 0. The number of amides is 1. The number of sulfonamides is 1. The molecule has 2 aromatic carbocycles. The maximum Gasteiger partial charge on any atom is 0.250 e. The lowest BCUT2D eigenvalue weighted by Gasteiger charge is -2.31. The van der Waals surface area contributed by atoms with Crippen molar-refractivity contribution in [2.75, 3.05) is 25.9 Å². The maximum absolute atomic E-state index is 12.3. The Morgan fingerprint density at radius 1 is 1.21 bits per heavy atom. The SMILES string of the molecule is CCS(=O)(=O)N1CCC(c2c[nH]c3c(C(N)=O)cc(-c4cccc(C(C)NC)c4)cc23)CC1. The van der Waals surface area contributed by atoms with Crippen molar-refractivity contribution >= 4 is 26.8 Å². The van der Waals surface area contributed by atoms with Crippen LogP contribution in [0.3, 0.4) is 0 Å². The van der Waals surface area contributed by atoms with Crippen LogP contribution in [-0.4, -0.2) is 49.5 Å². The van der Waals surface area contributed by atoms with E-state index in [4.69, 9.17) is 5.73 Å². The number of aromatic nitrogens is 1. The normalized spacial score (nSPS) is 16.8. The van der Waals surface area contributed by atoms with Gasteiger partial charge >= 0.3 is 0 Å². The van der Waals surface area contributed by atoms with Gasteiger partial charge in [-0.25, -0.2) is 12.7 Å². The Hall–Kier alpha value is -2.68. The quantitative estimate of drug-likeness (QED) is 0.491. The summed E-state index contributed by atoms with van der Waals surface area (Å²) in [6, 6.07) is 12.5. The Bertz CT molecular complexity index is 1270. The average Bonchev–Trinajstić information content (AvgIpc) is 3.27. The number of aromatic amines is 1. The highest BCUT2D eigenvalue weighted by molar-refractivity contribution is 7.89. The lowest BCUT2D eigenvalue weighted by molar-refractivity contribution is 0.100. The number of primary amides is 1. The van der Waals surface area contributed by atoms with Gasteiger partial charge in [0.1, 0.15) is 0 Å². The van der Waals surface area contributed by atoms with Crippen molar-refractivity contribution in [1.82, 2.24) is 14.6 Å². The number of benzene rings is 2. The van der Waals surface area contributed by atoms with Gasteiger partial charge in [0.15, 0.2) is 0 Å². The molecule has 0 bridgehead atoms. The summed E-state index contributed by atoms with van der Waals surface area (Å²) < 4.78 is 26.1. The zero-order valence-electron chi connectivity index (χ0n) is 19.4. The Balaban J connectivity index is 1.74. The molecule has 1 amide bonds. The fourth-order valence-corrected chi connectivity index (χ4v) is 5.87. The second kappa shape index (κ2) is 9.29. The number of H-pyrrole nitrogens is 1. The van der Waals surface area contributed by atoms with Crippen LogP contribution in [0.25, 0.3) is 22.0 Å². The highest BCUT2D eigenvalue weighted by Gasteiger charge is 2.29. The maximum atomic E-state index is 12.3. The van der Waals surface area contributed by atoms with Crippen LogP contribution in [0.15, 0.2) is 42.6 Å². The molecule has 1 unspecified atom stereocenters. The van der Waals surface area contributed by atoms with E-state index in [0.29, 0.717) is 18.7 Å². The highest BCUT2D eigenvalue weighted by Crippen LogP contribution is 2.37. The van der Waals surface area contributed by atoms with Crippen molar-refractivity contribution in [1.29, 1.82) is 0 Å². The van der Waals surface area contributed by atoms with E-state index in [1.165, 1.54) is 0 Å². The van der Waals surface area contributed by atoms with Gasteiger partial charge in [0.25, 0.3) is 5.91 Å². The molecule has 0 saturated carbocycles. The molecule has 1 atom stereocenters. The number of fused-ring (bicyclic) bond motifs is 1. The van der Waals surface area contributed by atoms with E-state index in [1.54, 1.807) is 11.2 Å². The van der Waals surface area contributed by atoms with Crippen molar-refractivity contribution in [3.8, 4) is 11.1 Å². The standard InChI is InChI=1S/C25H32N4O3S/c1-4-33(31,32)29-10-8-17(9-11-29)23-15-28-24-21(23)13-20(14-22(24)25(26)30)19-7-5-6-18(12-19)16(2)27-3/h5-7,12-17,27-28H,4,8-11H2,1-3H3,(H2,26,30). The Kier molecular flexibility index (Phi) is 6.61. The summed E-state index contributed by atoms with van der Waals surface area (Å²) in [4.78, 5) is 15.6. The molecule has 176 valence electrons. The van der Waals surface area contributed by atoms with Gasteiger partial charge in [-0.1, -0.05) is 18.2 Å². The Morgan fingerprint density at radius 3 is 2.58 bits per heavy atom. The molecule has 4 N–H and O–H groups in total. The molecule has 0 radical (unpaired) electrons. The first-order chi connectivity index (χ1) is 15.7. The third kappa shape index (κ3) is 4.55. The van der Waals surface area contributed by atoms with Crippen LogP contribution in [0.2, 0.25) is 0 Å². The van der Waals surface area contributed by atoms with Gasteiger partial charge in [0, 0.05) is 30.7 Å². The molecule has 0 spiro atoms. The van der Waals surface area contributed by atoms with E-state index in [2.05, 4.69) is 35.4 Å². The van der Waals surface area contributed by atoms with E-state index < -0.39 is 15.9 Å². The van der Waals surface area contributed by atoms with Crippen molar-refractivity contribution < 1.29 is 13.2 Å². The molecule has 1 saturated heterocycles. The molecule has 8 heteroatoms. The monoisotopic (exact) mass is 468 g/mol. The average molecular weight is 469 g/mol. The third-order valence-corrected chi connectivity index (χ3v) is 8.77. The fraction of sp³-hybridized carbons (Fsp3) is 0.400. The lowest BCUT2D eigenvalue weighted by Crippen LogP contribution is -2.38. The minimum Gasteiger partial charge on any atom is -0.366 e. The zero-order valence-corrected chi connectivity index (χ0v) is 20.2. The number of carbonyl (C=O) groups excluding carboxylic acids is 1. The predicted molar refractivity (Wildman–Crippen MR) is 133 cm³/mol. The molecule has 1 fully saturated rings. The van der Waals surface area contributed by atoms with Crippen LogP contribution >= 0.6 is 0 Å². The summed E-state index contributed by atoms with van der Waals surface area (Å²) in [5.74, 6) is -0.131. The van der Waals surface area contributed by atoms with Crippen LogP contribution < -0.4 is 11.1 Å². The molecule has 33 heavy (non-hydrogen) atoms. The highest BCUT2D eigenvalue weighted by atomic mass is 32.2. The van der Waals surface area contributed by atoms with E-state index in [1.807, 2.05) is 31.4 Å². The molecule has 3 aromatic rings. The van der Waals surface area contributed by atoms with E-state index in [0.717, 1.165) is 46.0 Å².